The van der Waals surface area contributed by atoms with Gasteiger partial charge < -0.3 is 9.84 Å². The van der Waals surface area contributed by atoms with Gasteiger partial charge in [-0.1, -0.05) is 20.8 Å². The standard InChI is InChI=1S/C24H33N3O3/c1-24(2,3)18-4-6-19(7-5-18)30-20-8-9-21-17(12-20)13-25-22(26-21)15-27-11-10-16(14-27)23(28)29/h8-9,12-13,16,18-19H,4-7,10-11,14-15H2,1-3H3,(H,28,29). The molecule has 6 heteroatoms. The number of aliphatic carboxylic acids is 1. The number of rotatable bonds is 5. The molecule has 2 aromatic rings. The highest BCUT2D eigenvalue weighted by atomic mass is 16.5. The lowest BCUT2D eigenvalue weighted by Gasteiger charge is -2.36. The predicted molar refractivity (Wildman–Crippen MR) is 116 cm³/mol. The number of hydrogen-bond donors (Lipinski definition) is 1. The SMILES string of the molecule is CC(C)(C)C1CCC(Oc2ccc3nc(CN4CCC(C(=O)O)C4)ncc3c2)CC1. The molecule has 1 saturated carbocycles. The summed E-state index contributed by atoms with van der Waals surface area (Å²) in [6.45, 7) is 8.96. The zero-order chi connectivity index (χ0) is 21.3. The molecule has 2 aliphatic rings. The van der Waals surface area contributed by atoms with Crippen molar-refractivity contribution in [1.29, 1.82) is 0 Å². The number of carboxylic acids is 1. The third kappa shape index (κ3) is 4.91. The molecule has 1 aromatic carbocycles. The number of carboxylic acid groups (broad SMARTS) is 1. The molecular formula is C24H33N3O3. The Kier molecular flexibility index (Phi) is 5.96. The topological polar surface area (TPSA) is 75.5 Å². The van der Waals surface area contributed by atoms with E-state index in [1.54, 1.807) is 0 Å². The molecule has 6 nitrogen and oxygen atoms in total. The maximum atomic E-state index is 11.1. The van der Waals surface area contributed by atoms with Crippen LogP contribution in [-0.4, -0.2) is 45.1 Å². The molecule has 2 heterocycles. The Hall–Kier alpha value is -2.21. The van der Waals surface area contributed by atoms with Gasteiger partial charge in [0.2, 0.25) is 0 Å². The van der Waals surface area contributed by atoms with Crippen molar-refractivity contribution in [3.8, 4) is 5.75 Å². The molecular weight excluding hydrogens is 378 g/mol. The first kappa shape index (κ1) is 21.0. The lowest BCUT2D eigenvalue weighted by atomic mass is 9.72. The van der Waals surface area contributed by atoms with E-state index in [0.717, 1.165) is 47.8 Å². The average molecular weight is 412 g/mol. The fourth-order valence-corrected chi connectivity index (χ4v) is 4.82. The van der Waals surface area contributed by atoms with Gasteiger partial charge >= 0.3 is 5.97 Å². The largest absolute Gasteiger partial charge is 0.490 e. The van der Waals surface area contributed by atoms with E-state index in [-0.39, 0.29) is 5.92 Å². The second kappa shape index (κ2) is 8.50. The summed E-state index contributed by atoms with van der Waals surface area (Å²) in [5, 5.41) is 10.1. The molecule has 30 heavy (non-hydrogen) atoms. The summed E-state index contributed by atoms with van der Waals surface area (Å²) in [4.78, 5) is 22.4. The summed E-state index contributed by atoms with van der Waals surface area (Å²) in [5.74, 6) is 1.42. The van der Waals surface area contributed by atoms with Crippen LogP contribution in [0.5, 0.6) is 5.75 Å². The number of likely N-dealkylation sites (tertiary alicyclic amines) is 1. The van der Waals surface area contributed by atoms with Gasteiger partial charge in [-0.2, -0.15) is 0 Å². The smallest absolute Gasteiger partial charge is 0.307 e. The monoisotopic (exact) mass is 411 g/mol. The molecule has 0 radical (unpaired) electrons. The first-order valence-electron chi connectivity index (χ1n) is 11.2. The van der Waals surface area contributed by atoms with Gasteiger partial charge in [-0.15, -0.1) is 0 Å². The normalized spacial score (nSPS) is 25.5. The molecule has 1 atom stereocenters. The van der Waals surface area contributed by atoms with Crippen LogP contribution in [0.3, 0.4) is 0 Å². The van der Waals surface area contributed by atoms with E-state index in [2.05, 4.69) is 35.6 Å². The number of nitrogens with zero attached hydrogens (tertiary/aromatic N) is 3. The fourth-order valence-electron chi connectivity index (χ4n) is 4.82. The van der Waals surface area contributed by atoms with Crippen molar-refractivity contribution in [3.05, 3.63) is 30.2 Å². The Labute approximate surface area is 178 Å². The first-order chi connectivity index (χ1) is 14.3. The summed E-state index contributed by atoms with van der Waals surface area (Å²) in [6.07, 6.45) is 7.53. The third-order valence-electron chi connectivity index (χ3n) is 6.79. The van der Waals surface area contributed by atoms with E-state index < -0.39 is 5.97 Å². The van der Waals surface area contributed by atoms with Crippen LogP contribution in [0.2, 0.25) is 0 Å². The fraction of sp³-hybridized carbons (Fsp3) is 0.625. The van der Waals surface area contributed by atoms with Crippen molar-refractivity contribution in [2.45, 2.75) is 65.5 Å². The van der Waals surface area contributed by atoms with Gasteiger partial charge in [-0.3, -0.25) is 9.69 Å². The Morgan fingerprint density at radius 1 is 1.20 bits per heavy atom. The van der Waals surface area contributed by atoms with E-state index in [0.29, 0.717) is 31.0 Å². The highest BCUT2D eigenvalue weighted by Gasteiger charge is 2.30. The number of hydrogen-bond acceptors (Lipinski definition) is 5. The van der Waals surface area contributed by atoms with Crippen LogP contribution in [0.25, 0.3) is 10.9 Å². The van der Waals surface area contributed by atoms with Gasteiger partial charge in [0.1, 0.15) is 11.6 Å². The molecule has 1 aromatic heterocycles. The van der Waals surface area contributed by atoms with Crippen LogP contribution in [-0.2, 0) is 11.3 Å². The van der Waals surface area contributed by atoms with Crippen LogP contribution in [0.1, 0.15) is 58.7 Å². The van der Waals surface area contributed by atoms with E-state index in [4.69, 9.17) is 9.84 Å². The number of carbonyl (C=O) groups is 1. The van der Waals surface area contributed by atoms with Crippen molar-refractivity contribution in [2.24, 2.45) is 17.3 Å². The minimum atomic E-state index is -0.712. The summed E-state index contributed by atoms with van der Waals surface area (Å²) in [7, 11) is 0. The minimum Gasteiger partial charge on any atom is -0.490 e. The average Bonchev–Trinajstić information content (AvgIpc) is 3.17. The zero-order valence-corrected chi connectivity index (χ0v) is 18.3. The molecule has 2 fully saturated rings. The maximum absolute atomic E-state index is 11.1. The van der Waals surface area contributed by atoms with E-state index in [9.17, 15) is 4.79 Å². The van der Waals surface area contributed by atoms with Crippen LogP contribution in [0.15, 0.2) is 24.4 Å². The summed E-state index contributed by atoms with van der Waals surface area (Å²) in [5.41, 5.74) is 1.28. The van der Waals surface area contributed by atoms with Crippen LogP contribution in [0, 0.1) is 17.3 Å². The highest BCUT2D eigenvalue weighted by molar-refractivity contribution is 5.79. The number of fused-ring (bicyclic) bond motifs is 1. The quantitative estimate of drug-likeness (QED) is 0.780. The van der Waals surface area contributed by atoms with Crippen LogP contribution in [0.4, 0.5) is 0 Å². The van der Waals surface area contributed by atoms with E-state index >= 15 is 0 Å². The van der Waals surface area contributed by atoms with Crippen molar-refractivity contribution in [3.63, 3.8) is 0 Å². The van der Waals surface area contributed by atoms with E-state index in [1.807, 2.05) is 24.4 Å². The maximum Gasteiger partial charge on any atom is 0.307 e. The molecule has 0 amide bonds. The molecule has 1 saturated heterocycles. The number of benzene rings is 1. The highest BCUT2D eigenvalue weighted by Crippen LogP contribution is 2.38. The van der Waals surface area contributed by atoms with Crippen molar-refractivity contribution >= 4 is 16.9 Å². The molecule has 1 aliphatic heterocycles. The second-order valence-electron chi connectivity index (χ2n) is 10.0. The minimum absolute atomic E-state index is 0.274. The summed E-state index contributed by atoms with van der Waals surface area (Å²) in [6, 6.07) is 6.04. The van der Waals surface area contributed by atoms with Gasteiger partial charge in [0.25, 0.3) is 0 Å². The van der Waals surface area contributed by atoms with Gasteiger partial charge in [-0.25, -0.2) is 9.97 Å². The number of ether oxygens (including phenoxy) is 1. The van der Waals surface area contributed by atoms with Crippen molar-refractivity contribution in [2.75, 3.05) is 13.1 Å². The van der Waals surface area contributed by atoms with Crippen molar-refractivity contribution in [1.82, 2.24) is 14.9 Å². The number of aromatic nitrogens is 2. The Bertz CT molecular complexity index is 900. The molecule has 162 valence electrons. The Balaban J connectivity index is 1.36. The van der Waals surface area contributed by atoms with Gasteiger partial charge in [0.05, 0.1) is 24.1 Å². The molecule has 1 unspecified atom stereocenters. The molecule has 0 spiro atoms. The predicted octanol–water partition coefficient (Wildman–Crippen LogP) is 4.52. The Morgan fingerprint density at radius 2 is 1.97 bits per heavy atom. The first-order valence-corrected chi connectivity index (χ1v) is 11.2. The molecule has 1 N–H and O–H groups in total. The van der Waals surface area contributed by atoms with Gasteiger partial charge in [-0.05, 0) is 68.2 Å². The lowest BCUT2D eigenvalue weighted by Crippen LogP contribution is -2.30. The van der Waals surface area contributed by atoms with Gasteiger partial charge in [0.15, 0.2) is 0 Å². The van der Waals surface area contributed by atoms with E-state index in [1.165, 1.54) is 12.8 Å². The zero-order valence-electron chi connectivity index (χ0n) is 18.3. The van der Waals surface area contributed by atoms with Crippen LogP contribution < -0.4 is 4.74 Å². The van der Waals surface area contributed by atoms with Crippen molar-refractivity contribution < 1.29 is 14.6 Å². The van der Waals surface area contributed by atoms with Crippen LogP contribution >= 0.6 is 0 Å². The van der Waals surface area contributed by atoms with Gasteiger partial charge in [0, 0.05) is 18.1 Å². The summed E-state index contributed by atoms with van der Waals surface area (Å²) >= 11 is 0. The molecule has 4 rings (SSSR count). The molecule has 1 aliphatic carbocycles. The third-order valence-corrected chi connectivity index (χ3v) is 6.79. The Morgan fingerprint density at radius 3 is 2.63 bits per heavy atom. The molecule has 0 bridgehead atoms. The summed E-state index contributed by atoms with van der Waals surface area (Å²) < 4.78 is 6.28. The lowest BCUT2D eigenvalue weighted by molar-refractivity contribution is -0.141. The second-order valence-corrected chi connectivity index (χ2v) is 10.0.